The lowest BCUT2D eigenvalue weighted by molar-refractivity contribution is -0.132. The van der Waals surface area contributed by atoms with Crippen LogP contribution in [0, 0.1) is 0 Å². The van der Waals surface area contributed by atoms with Gasteiger partial charge in [-0.25, -0.2) is 4.98 Å². The number of carbonyl (C=O) groups is 2. The van der Waals surface area contributed by atoms with E-state index in [1.54, 1.807) is 17.0 Å². The van der Waals surface area contributed by atoms with Gasteiger partial charge in [-0.3, -0.25) is 9.59 Å². The summed E-state index contributed by atoms with van der Waals surface area (Å²) in [7, 11) is 0. The van der Waals surface area contributed by atoms with Crippen LogP contribution < -0.4 is 11.1 Å². The van der Waals surface area contributed by atoms with Gasteiger partial charge in [0.15, 0.2) is 0 Å². The van der Waals surface area contributed by atoms with Gasteiger partial charge in [-0.1, -0.05) is 0 Å². The predicted molar refractivity (Wildman–Crippen MR) is 82.0 cm³/mol. The molecule has 0 aliphatic carbocycles. The number of nitrogens with two attached hydrogens (primary N) is 1. The van der Waals surface area contributed by atoms with Crippen LogP contribution >= 0.6 is 11.8 Å². The van der Waals surface area contributed by atoms with Crippen LogP contribution in [0.25, 0.3) is 0 Å². The van der Waals surface area contributed by atoms with Gasteiger partial charge in [0.1, 0.15) is 5.82 Å². The van der Waals surface area contributed by atoms with Crippen LogP contribution in [0.1, 0.15) is 0 Å². The molecule has 1 aromatic heterocycles. The minimum absolute atomic E-state index is 0.0465. The van der Waals surface area contributed by atoms with Crippen molar-refractivity contribution in [2.75, 3.05) is 48.9 Å². The van der Waals surface area contributed by atoms with Crippen LogP contribution in [-0.4, -0.2) is 59.5 Å². The Morgan fingerprint density at radius 3 is 2.76 bits per heavy atom. The average molecular weight is 310 g/mol. The number of hydrogen-bond acceptors (Lipinski definition) is 6. The highest BCUT2D eigenvalue weighted by atomic mass is 32.2. The standard InChI is InChI=1S/C13H18N4O3S/c14-11-2-1-10(7-15-11)16-12(18)8-21-9-13(19)17-3-5-20-6-4-17/h1-2,7H,3-6,8-9H2,(H2,14,15)(H,16,18). The van der Waals surface area contributed by atoms with E-state index in [-0.39, 0.29) is 17.6 Å². The van der Waals surface area contributed by atoms with Gasteiger partial charge in [-0.15, -0.1) is 11.8 Å². The van der Waals surface area contributed by atoms with Crippen molar-refractivity contribution in [1.82, 2.24) is 9.88 Å². The molecule has 1 saturated heterocycles. The maximum absolute atomic E-state index is 11.9. The zero-order valence-electron chi connectivity index (χ0n) is 11.6. The quantitative estimate of drug-likeness (QED) is 0.806. The van der Waals surface area contributed by atoms with Crippen molar-refractivity contribution in [3.63, 3.8) is 0 Å². The minimum Gasteiger partial charge on any atom is -0.384 e. The normalized spacial score (nSPS) is 14.8. The molecule has 0 aromatic carbocycles. The van der Waals surface area contributed by atoms with Crippen molar-refractivity contribution in [1.29, 1.82) is 0 Å². The van der Waals surface area contributed by atoms with Crippen LogP contribution in [0.4, 0.5) is 11.5 Å². The SMILES string of the molecule is Nc1ccc(NC(=O)CSCC(=O)N2CCOCC2)cn1. The van der Waals surface area contributed by atoms with Gasteiger partial charge in [0.25, 0.3) is 0 Å². The number of pyridine rings is 1. The minimum atomic E-state index is -0.165. The van der Waals surface area contributed by atoms with E-state index in [9.17, 15) is 9.59 Å². The number of ether oxygens (including phenoxy) is 1. The molecular formula is C13H18N4O3S. The van der Waals surface area contributed by atoms with Crippen LogP contribution in [0.5, 0.6) is 0 Å². The van der Waals surface area contributed by atoms with Crippen molar-refractivity contribution < 1.29 is 14.3 Å². The van der Waals surface area contributed by atoms with Gasteiger partial charge in [0, 0.05) is 13.1 Å². The fraction of sp³-hybridized carbons (Fsp3) is 0.462. The second-order valence-corrected chi connectivity index (χ2v) is 5.49. The Kier molecular flexibility index (Phi) is 5.82. The molecule has 2 rings (SSSR count). The average Bonchev–Trinajstić information content (AvgIpc) is 2.50. The lowest BCUT2D eigenvalue weighted by Crippen LogP contribution is -2.41. The summed E-state index contributed by atoms with van der Waals surface area (Å²) in [6.45, 7) is 2.42. The van der Waals surface area contributed by atoms with Gasteiger partial charge >= 0.3 is 0 Å². The van der Waals surface area contributed by atoms with E-state index in [1.807, 2.05) is 0 Å². The molecule has 2 amide bonds. The first kappa shape index (κ1) is 15.6. The largest absolute Gasteiger partial charge is 0.384 e. The summed E-state index contributed by atoms with van der Waals surface area (Å²) in [6.07, 6.45) is 1.50. The fourth-order valence-electron chi connectivity index (χ4n) is 1.81. The van der Waals surface area contributed by atoms with E-state index in [0.717, 1.165) is 0 Å². The van der Waals surface area contributed by atoms with Gasteiger partial charge in [0.05, 0.1) is 36.6 Å². The number of nitrogens with zero attached hydrogens (tertiary/aromatic N) is 2. The smallest absolute Gasteiger partial charge is 0.234 e. The summed E-state index contributed by atoms with van der Waals surface area (Å²) in [5, 5.41) is 2.70. The van der Waals surface area contributed by atoms with Crippen molar-refractivity contribution >= 4 is 35.1 Å². The van der Waals surface area contributed by atoms with E-state index in [2.05, 4.69) is 10.3 Å². The molecule has 8 heteroatoms. The molecule has 21 heavy (non-hydrogen) atoms. The number of morpholine rings is 1. The molecule has 1 aliphatic rings. The van der Waals surface area contributed by atoms with Crippen LogP contribution in [0.2, 0.25) is 0 Å². The molecule has 0 saturated carbocycles. The summed E-state index contributed by atoms with van der Waals surface area (Å²) in [5.41, 5.74) is 6.05. The number of nitrogen functional groups attached to an aromatic ring is 1. The van der Waals surface area contributed by atoms with E-state index in [1.165, 1.54) is 18.0 Å². The summed E-state index contributed by atoms with van der Waals surface area (Å²) >= 11 is 1.30. The van der Waals surface area contributed by atoms with Crippen molar-refractivity contribution in [2.24, 2.45) is 0 Å². The molecule has 0 bridgehead atoms. The van der Waals surface area contributed by atoms with Crippen LogP contribution in [0.3, 0.4) is 0 Å². The van der Waals surface area contributed by atoms with Gasteiger partial charge in [-0.05, 0) is 12.1 Å². The fourth-order valence-corrected chi connectivity index (χ4v) is 2.53. The second-order valence-electron chi connectivity index (χ2n) is 4.51. The third-order valence-electron chi connectivity index (χ3n) is 2.89. The van der Waals surface area contributed by atoms with E-state index in [4.69, 9.17) is 10.5 Å². The maximum Gasteiger partial charge on any atom is 0.234 e. The monoisotopic (exact) mass is 310 g/mol. The van der Waals surface area contributed by atoms with E-state index in [0.29, 0.717) is 43.6 Å². The summed E-state index contributed by atoms with van der Waals surface area (Å²) in [4.78, 5) is 29.2. The van der Waals surface area contributed by atoms with Crippen molar-refractivity contribution in [3.8, 4) is 0 Å². The molecule has 3 N–H and O–H groups in total. The molecule has 114 valence electrons. The summed E-state index contributed by atoms with van der Waals surface area (Å²) in [5.74, 6) is 0.804. The second kappa shape index (κ2) is 7.84. The first-order valence-corrected chi connectivity index (χ1v) is 7.75. The summed E-state index contributed by atoms with van der Waals surface area (Å²) in [6, 6.07) is 3.30. The maximum atomic E-state index is 11.9. The molecule has 0 unspecified atom stereocenters. The molecule has 2 heterocycles. The number of hydrogen-bond donors (Lipinski definition) is 2. The van der Waals surface area contributed by atoms with Gasteiger partial charge in [0.2, 0.25) is 11.8 Å². The van der Waals surface area contributed by atoms with Gasteiger partial charge < -0.3 is 20.7 Å². The van der Waals surface area contributed by atoms with E-state index >= 15 is 0 Å². The third kappa shape index (κ3) is 5.24. The first-order chi connectivity index (χ1) is 10.1. The Balaban J connectivity index is 1.66. The number of thioether (sulfide) groups is 1. The van der Waals surface area contributed by atoms with Gasteiger partial charge in [-0.2, -0.15) is 0 Å². The number of carbonyl (C=O) groups excluding carboxylic acids is 2. The number of rotatable bonds is 5. The first-order valence-electron chi connectivity index (χ1n) is 6.60. The zero-order chi connectivity index (χ0) is 15.1. The topological polar surface area (TPSA) is 97.5 Å². The molecule has 1 fully saturated rings. The van der Waals surface area contributed by atoms with E-state index < -0.39 is 0 Å². The lowest BCUT2D eigenvalue weighted by atomic mass is 10.4. The summed E-state index contributed by atoms with van der Waals surface area (Å²) < 4.78 is 5.19. The highest BCUT2D eigenvalue weighted by molar-refractivity contribution is 8.00. The van der Waals surface area contributed by atoms with Crippen molar-refractivity contribution in [2.45, 2.75) is 0 Å². The molecule has 0 spiro atoms. The van der Waals surface area contributed by atoms with Crippen LogP contribution in [0.15, 0.2) is 18.3 Å². The molecule has 1 aromatic rings. The molecule has 7 nitrogen and oxygen atoms in total. The molecule has 1 aliphatic heterocycles. The molecule has 0 radical (unpaired) electrons. The third-order valence-corrected chi connectivity index (χ3v) is 3.81. The Labute approximate surface area is 127 Å². The Bertz CT molecular complexity index is 489. The lowest BCUT2D eigenvalue weighted by Gasteiger charge is -2.26. The Morgan fingerprint density at radius 1 is 1.33 bits per heavy atom. The number of aromatic nitrogens is 1. The van der Waals surface area contributed by atoms with Crippen LogP contribution in [-0.2, 0) is 14.3 Å². The Morgan fingerprint density at radius 2 is 2.10 bits per heavy atom. The molecule has 0 atom stereocenters. The highest BCUT2D eigenvalue weighted by Gasteiger charge is 2.16. The van der Waals surface area contributed by atoms with Crippen molar-refractivity contribution in [3.05, 3.63) is 18.3 Å². The number of anilines is 2. The predicted octanol–water partition coefficient (Wildman–Crippen LogP) is 0.194. The zero-order valence-corrected chi connectivity index (χ0v) is 12.4. The highest BCUT2D eigenvalue weighted by Crippen LogP contribution is 2.09. The molecular weight excluding hydrogens is 292 g/mol. The number of nitrogens with one attached hydrogen (secondary N) is 1. The number of amides is 2. The Hall–Kier alpha value is -1.80.